The molecule has 0 aromatic heterocycles. The Labute approximate surface area is 165 Å². The molecule has 0 saturated heterocycles. The first kappa shape index (κ1) is 23.7. The van der Waals surface area contributed by atoms with Gasteiger partial charge < -0.3 is 4.55 Å². The van der Waals surface area contributed by atoms with E-state index in [1.54, 1.807) is 0 Å². The average Bonchev–Trinajstić information content (AvgIpc) is 2.53. The van der Waals surface area contributed by atoms with Gasteiger partial charge in [0.25, 0.3) is 22.6 Å². The predicted octanol–water partition coefficient (Wildman–Crippen LogP) is 1.33. The number of halogens is 7. The first-order valence-corrected chi connectivity index (χ1v) is 9.73. The monoisotopic (exact) mass is 526 g/mol. The molecular formula is C16H13F6IO3S. The van der Waals surface area contributed by atoms with Gasteiger partial charge in [-0.15, -0.1) is 0 Å². The van der Waals surface area contributed by atoms with E-state index in [1.165, 1.54) is 9.13 Å². The molecule has 0 aliphatic heterocycles. The van der Waals surface area contributed by atoms with E-state index >= 15 is 0 Å². The van der Waals surface area contributed by atoms with Crippen molar-refractivity contribution < 1.29 is 61.9 Å². The molecule has 0 aliphatic carbocycles. The molecule has 0 N–H and O–H groups in total. The smallest absolute Gasteiger partial charge is 0.416 e. The van der Waals surface area contributed by atoms with Crippen LogP contribution in [-0.2, 0) is 28.9 Å². The van der Waals surface area contributed by atoms with Crippen LogP contribution in [0.25, 0.3) is 0 Å². The van der Waals surface area contributed by atoms with Crippen LogP contribution in [-0.4, -0.2) is 13.0 Å². The maximum atomic E-state index is 12.3. The van der Waals surface area contributed by atoms with E-state index in [2.05, 4.69) is 31.2 Å². The van der Waals surface area contributed by atoms with Gasteiger partial charge in [-0.2, -0.15) is 26.3 Å². The minimum atomic E-state index is -5.42. The van der Waals surface area contributed by atoms with Crippen LogP contribution in [0.1, 0.15) is 23.6 Å². The lowest BCUT2D eigenvalue weighted by Gasteiger charge is -2.15. The molecule has 2 aromatic rings. The Morgan fingerprint density at radius 1 is 0.889 bits per heavy atom. The highest BCUT2D eigenvalue weighted by Crippen LogP contribution is 2.37. The van der Waals surface area contributed by atoms with E-state index in [0.29, 0.717) is 0 Å². The molecule has 11 heteroatoms. The summed E-state index contributed by atoms with van der Waals surface area (Å²) in [6.45, 7) is 2.17. The third-order valence-corrected chi connectivity index (χ3v) is 4.77. The SMILES string of the molecule is CCc1ccc([IH+])cc1.O=S(=O)([O-])c1cc(C(F)(F)F)cc(C(F)(F)F)c1. The van der Waals surface area contributed by atoms with Gasteiger partial charge in [-0.05, 0) is 42.3 Å². The van der Waals surface area contributed by atoms with E-state index in [9.17, 15) is 39.3 Å². The van der Waals surface area contributed by atoms with Crippen molar-refractivity contribution in [2.24, 2.45) is 0 Å². The fourth-order valence-corrected chi connectivity index (χ4v) is 2.73. The average molecular weight is 526 g/mol. The lowest BCUT2D eigenvalue weighted by molar-refractivity contribution is -0.328. The van der Waals surface area contributed by atoms with Crippen LogP contribution in [0.2, 0.25) is 0 Å². The molecule has 2 aromatic carbocycles. The van der Waals surface area contributed by atoms with Gasteiger partial charge in [0.05, 0.1) is 16.0 Å². The summed E-state index contributed by atoms with van der Waals surface area (Å²) in [5, 5.41) is 0. The zero-order valence-corrected chi connectivity index (χ0v) is 16.7. The van der Waals surface area contributed by atoms with Gasteiger partial charge >= 0.3 is 12.4 Å². The number of rotatable bonds is 2. The van der Waals surface area contributed by atoms with Crippen LogP contribution < -0.4 is 22.6 Å². The Morgan fingerprint density at radius 3 is 1.59 bits per heavy atom. The maximum Gasteiger partial charge on any atom is 0.416 e. The van der Waals surface area contributed by atoms with Gasteiger partial charge in [0, 0.05) is 0 Å². The molecule has 0 spiro atoms. The van der Waals surface area contributed by atoms with Crippen LogP contribution in [0.5, 0.6) is 0 Å². The first-order chi connectivity index (χ1) is 12.1. The number of benzene rings is 2. The molecule has 0 bridgehead atoms. The molecule has 150 valence electrons. The van der Waals surface area contributed by atoms with Crippen molar-refractivity contribution >= 4 is 10.1 Å². The van der Waals surface area contributed by atoms with Gasteiger partial charge in [0.2, 0.25) is 0 Å². The van der Waals surface area contributed by atoms with Crippen molar-refractivity contribution in [3.8, 4) is 0 Å². The van der Waals surface area contributed by atoms with E-state index in [0.717, 1.165) is 6.42 Å². The predicted molar refractivity (Wildman–Crippen MR) is 80.3 cm³/mol. The molecular weight excluding hydrogens is 513 g/mol. The molecule has 2 rings (SSSR count). The largest absolute Gasteiger partial charge is 0.744 e. The van der Waals surface area contributed by atoms with Crippen LogP contribution in [0.15, 0.2) is 47.4 Å². The summed E-state index contributed by atoms with van der Waals surface area (Å²) < 4.78 is 106. The highest BCUT2D eigenvalue weighted by Gasteiger charge is 2.37. The van der Waals surface area contributed by atoms with E-state index in [-0.39, 0.29) is 18.2 Å². The fraction of sp³-hybridized carbons (Fsp3) is 0.250. The van der Waals surface area contributed by atoms with E-state index < -0.39 is 38.5 Å². The van der Waals surface area contributed by atoms with Crippen LogP contribution in [0.3, 0.4) is 0 Å². The minimum Gasteiger partial charge on any atom is -0.744 e. The first-order valence-electron chi connectivity index (χ1n) is 7.16. The van der Waals surface area contributed by atoms with Crippen molar-refractivity contribution in [1.29, 1.82) is 0 Å². The Bertz CT molecular complexity index is 842. The van der Waals surface area contributed by atoms with Gasteiger partial charge in [0.1, 0.15) is 10.1 Å². The summed E-state index contributed by atoms with van der Waals surface area (Å²) in [6, 6.07) is 8.12. The lowest BCUT2D eigenvalue weighted by atomic mass is 10.1. The molecule has 0 aliphatic rings. The van der Waals surface area contributed by atoms with Gasteiger partial charge in [0.15, 0.2) is 3.57 Å². The molecule has 0 heterocycles. The second-order valence-electron chi connectivity index (χ2n) is 5.19. The molecule has 0 atom stereocenters. The summed E-state index contributed by atoms with van der Waals surface area (Å²) >= 11 is 2.04. The summed E-state index contributed by atoms with van der Waals surface area (Å²) in [4.78, 5) is -1.58. The van der Waals surface area contributed by atoms with Gasteiger partial charge in [-0.25, -0.2) is 8.42 Å². The van der Waals surface area contributed by atoms with Crippen molar-refractivity contribution in [2.75, 3.05) is 0 Å². The van der Waals surface area contributed by atoms with Crippen molar-refractivity contribution in [1.82, 2.24) is 0 Å². The lowest BCUT2D eigenvalue weighted by Crippen LogP contribution is -3.34. The molecule has 0 fully saturated rings. The van der Waals surface area contributed by atoms with E-state index in [1.807, 2.05) is 22.6 Å². The summed E-state index contributed by atoms with van der Waals surface area (Å²) in [6.07, 6.45) is -9.25. The third kappa shape index (κ3) is 7.66. The molecule has 0 saturated carbocycles. The van der Waals surface area contributed by atoms with Crippen molar-refractivity contribution in [3.63, 3.8) is 0 Å². The summed E-state index contributed by atoms with van der Waals surface area (Å²) in [7, 11) is -5.42. The summed E-state index contributed by atoms with van der Waals surface area (Å²) in [5.41, 5.74) is -2.29. The van der Waals surface area contributed by atoms with Gasteiger partial charge in [-0.1, -0.05) is 19.1 Å². The second kappa shape index (κ2) is 8.78. The zero-order chi connectivity index (χ0) is 21.0. The molecule has 3 nitrogen and oxygen atoms in total. The topological polar surface area (TPSA) is 57.2 Å². The molecule has 0 unspecified atom stereocenters. The zero-order valence-electron chi connectivity index (χ0n) is 13.6. The fourth-order valence-electron chi connectivity index (χ4n) is 1.80. The Hall–Kier alpha value is -1.34. The highest BCUT2D eigenvalue weighted by molar-refractivity contribution is 7.85. The van der Waals surface area contributed by atoms with Crippen LogP contribution in [0, 0.1) is 3.57 Å². The van der Waals surface area contributed by atoms with Crippen LogP contribution in [0.4, 0.5) is 26.3 Å². The normalized spacial score (nSPS) is 12.3. The standard InChI is InChI=1S/C8H4F6O3S.C8H10I/c9-7(10,11)4-1-5(8(12,13)14)3-6(2-4)18(15,16)17;1-2-7-3-5-8(9)6-4-7/h1-3H,(H,15,16,17);3-6,9H,2H2,1H3/q;+1/p-1. The number of hydrogen-bond donors (Lipinski definition) is 0. The maximum absolute atomic E-state index is 12.3. The van der Waals surface area contributed by atoms with Crippen molar-refractivity contribution in [3.05, 3.63) is 62.7 Å². The number of hydrogen-bond acceptors (Lipinski definition) is 3. The second-order valence-corrected chi connectivity index (χ2v) is 7.92. The highest BCUT2D eigenvalue weighted by atomic mass is 127. The van der Waals surface area contributed by atoms with Crippen LogP contribution >= 0.6 is 0 Å². The molecule has 0 radical (unpaired) electrons. The summed E-state index contributed by atoms with van der Waals surface area (Å²) in [5.74, 6) is 0. The Kier molecular flexibility index (Phi) is 7.70. The van der Waals surface area contributed by atoms with E-state index in [4.69, 9.17) is 0 Å². The number of alkyl halides is 6. The Morgan fingerprint density at radius 2 is 1.30 bits per heavy atom. The molecule has 27 heavy (non-hydrogen) atoms. The minimum absolute atomic E-state index is 0.141. The van der Waals surface area contributed by atoms with Gasteiger partial charge in [-0.3, -0.25) is 0 Å². The number of aryl methyl sites for hydroxylation is 1. The quantitative estimate of drug-likeness (QED) is 0.338. The Balaban J connectivity index is 0.000000337. The van der Waals surface area contributed by atoms with Crippen molar-refractivity contribution in [2.45, 2.75) is 30.6 Å². The molecule has 0 amide bonds. The third-order valence-electron chi connectivity index (χ3n) is 3.18.